The maximum atomic E-state index is 5.86. The molecule has 2 aliphatic rings. The quantitative estimate of drug-likeness (QED) is 0.167. The fraction of sp³-hybridized carbons (Fsp3) is 0.963. The van der Waals surface area contributed by atoms with Gasteiger partial charge in [0.2, 0.25) is 0 Å². The summed E-state index contributed by atoms with van der Waals surface area (Å²) in [7, 11) is 9.78. The topological polar surface area (TPSA) is 23.3 Å². The molecule has 0 spiro atoms. The summed E-state index contributed by atoms with van der Waals surface area (Å²) in [5.41, 5.74) is 0.207. The zero-order valence-corrected chi connectivity index (χ0v) is 25.8. The van der Waals surface area contributed by atoms with Gasteiger partial charge in [-0.1, -0.05) is 79.1 Å². The Morgan fingerprint density at radius 1 is 0.844 bits per heavy atom. The Labute approximate surface area is 218 Å². The molecule has 4 unspecified atom stereocenters. The fourth-order valence-electron chi connectivity index (χ4n) is 6.28. The second-order valence-corrected chi connectivity index (χ2v) is 15.0. The molecule has 2 fully saturated rings. The van der Waals surface area contributed by atoms with Gasteiger partial charge in [0.15, 0.2) is 0 Å². The summed E-state index contributed by atoms with van der Waals surface area (Å²) in [6, 6.07) is 0. The van der Waals surface area contributed by atoms with Crippen LogP contribution in [0.2, 0.25) is 0 Å². The van der Waals surface area contributed by atoms with Crippen molar-refractivity contribution in [3.05, 3.63) is 12.7 Å². The van der Waals surface area contributed by atoms with Crippen molar-refractivity contribution in [3.63, 3.8) is 0 Å². The number of fused-ring (bicyclic) bond motifs is 1. The first kappa shape index (κ1) is 33.2. The van der Waals surface area contributed by atoms with E-state index < -0.39 is 17.0 Å². The van der Waals surface area contributed by atoms with Crippen LogP contribution in [0.25, 0.3) is 5.32 Å². The van der Waals surface area contributed by atoms with E-state index in [9.17, 15) is 0 Å². The van der Waals surface area contributed by atoms with E-state index in [1.807, 2.05) is 0 Å². The van der Waals surface area contributed by atoms with Crippen LogP contribution in [-0.4, -0.2) is 23.3 Å². The summed E-state index contributed by atoms with van der Waals surface area (Å²) in [5.74, 6) is 3.66. The predicted molar refractivity (Wildman–Crippen MR) is 141 cm³/mol. The normalized spacial score (nSPS) is 25.9. The number of nitrogens with zero attached hydrogens (tertiary/aromatic N) is 1. The SMILES string of the molecule is CC(C)(C)[N-]C(C)(C)C1CC(CCCCCCOC(C)(C)C)C2CCCCC21.[CH3-].[Cl][Ti][Cl]. The van der Waals surface area contributed by atoms with Gasteiger partial charge in [0.1, 0.15) is 0 Å². The van der Waals surface area contributed by atoms with Crippen molar-refractivity contribution in [2.75, 3.05) is 6.61 Å². The summed E-state index contributed by atoms with van der Waals surface area (Å²) >= 11 is -0.556. The predicted octanol–water partition coefficient (Wildman–Crippen LogP) is 9.97. The third kappa shape index (κ3) is 12.8. The average Bonchev–Trinajstić information content (AvgIpc) is 2.98. The van der Waals surface area contributed by atoms with Crippen molar-refractivity contribution in [3.8, 4) is 0 Å². The molecule has 2 aliphatic carbocycles. The number of rotatable bonds is 9. The van der Waals surface area contributed by atoms with Crippen LogP contribution in [0.5, 0.6) is 0 Å². The number of ether oxygens (including phenoxy) is 1. The van der Waals surface area contributed by atoms with Crippen molar-refractivity contribution in [2.45, 2.75) is 136 Å². The molecule has 0 aromatic heterocycles. The summed E-state index contributed by atoms with van der Waals surface area (Å²) in [6.07, 6.45) is 14.1. The summed E-state index contributed by atoms with van der Waals surface area (Å²) in [4.78, 5) is 0. The van der Waals surface area contributed by atoms with Crippen LogP contribution in [0, 0.1) is 31.1 Å². The van der Waals surface area contributed by atoms with Gasteiger partial charge in [-0.05, 0) is 64.2 Å². The van der Waals surface area contributed by atoms with Gasteiger partial charge in [-0.3, -0.25) is 0 Å². The molecular formula is C27H53Cl2NOTi-2. The molecule has 0 saturated heterocycles. The Balaban J connectivity index is 0.00000227. The van der Waals surface area contributed by atoms with Crippen LogP contribution in [0.4, 0.5) is 0 Å². The van der Waals surface area contributed by atoms with Crippen molar-refractivity contribution >= 4 is 18.6 Å². The second-order valence-electron chi connectivity index (χ2n) is 12.4. The zero-order chi connectivity index (χ0) is 23.7. The molecule has 2 saturated carbocycles. The Hall–Kier alpha value is 1.21. The number of halogens is 2. The van der Waals surface area contributed by atoms with Gasteiger partial charge in [0.05, 0.1) is 5.60 Å². The van der Waals surface area contributed by atoms with E-state index in [4.69, 9.17) is 28.7 Å². The van der Waals surface area contributed by atoms with E-state index in [2.05, 4.69) is 55.4 Å². The molecule has 5 heteroatoms. The Bertz CT molecular complexity index is 487. The van der Waals surface area contributed by atoms with Crippen LogP contribution in [0.15, 0.2) is 0 Å². The molecule has 2 nitrogen and oxygen atoms in total. The molecule has 0 heterocycles. The Morgan fingerprint density at radius 3 is 1.91 bits per heavy atom. The van der Waals surface area contributed by atoms with Crippen LogP contribution in [0.3, 0.4) is 0 Å². The van der Waals surface area contributed by atoms with Gasteiger partial charge in [0, 0.05) is 6.61 Å². The van der Waals surface area contributed by atoms with E-state index >= 15 is 0 Å². The molecule has 0 N–H and O–H groups in total. The monoisotopic (exact) mass is 525 g/mol. The maximum absolute atomic E-state index is 5.86. The van der Waals surface area contributed by atoms with Gasteiger partial charge in [0.25, 0.3) is 0 Å². The van der Waals surface area contributed by atoms with Crippen molar-refractivity contribution < 1.29 is 21.8 Å². The van der Waals surface area contributed by atoms with E-state index in [-0.39, 0.29) is 24.1 Å². The first-order valence-corrected chi connectivity index (χ1v) is 16.9. The summed E-state index contributed by atoms with van der Waals surface area (Å²) in [6.45, 7) is 19.0. The standard InChI is InChI=1S/C26H50NO.CH3.2ClH.Ti/c1-24(2,3)27-26(7,8)23-19-20(21-16-12-13-17-22(21)23)15-11-9-10-14-18-28-25(4,5)6;;;;/h20-23H,9-19H2,1-8H3;1H3;2*1H;/q2*-1;;;+2/p-2. The van der Waals surface area contributed by atoms with Crippen LogP contribution in [-0.2, 0) is 21.8 Å². The van der Waals surface area contributed by atoms with Gasteiger partial charge in [-0.2, -0.15) is 0 Å². The molecule has 0 aliphatic heterocycles. The summed E-state index contributed by atoms with van der Waals surface area (Å²) < 4.78 is 5.86. The number of hydrogen-bond donors (Lipinski definition) is 0. The third-order valence-corrected chi connectivity index (χ3v) is 7.09. The molecule has 0 amide bonds. The molecule has 0 bridgehead atoms. The first-order valence-electron chi connectivity index (χ1n) is 12.6. The molecule has 2 rings (SSSR count). The molecular weight excluding hydrogens is 473 g/mol. The Kier molecular flexibility index (Phi) is 15.9. The first-order chi connectivity index (χ1) is 14.3. The van der Waals surface area contributed by atoms with Crippen molar-refractivity contribution in [2.24, 2.45) is 23.7 Å². The Morgan fingerprint density at radius 2 is 1.38 bits per heavy atom. The number of unbranched alkanes of at least 4 members (excludes halogenated alkanes) is 3. The summed E-state index contributed by atoms with van der Waals surface area (Å²) in [5, 5.41) is 5.28. The molecule has 4 atom stereocenters. The van der Waals surface area contributed by atoms with E-state index in [0.29, 0.717) is 0 Å². The zero-order valence-electron chi connectivity index (χ0n) is 22.7. The molecule has 192 valence electrons. The van der Waals surface area contributed by atoms with Crippen LogP contribution >= 0.6 is 18.6 Å². The van der Waals surface area contributed by atoms with Gasteiger partial charge in [-0.15, -0.1) is 11.1 Å². The third-order valence-electron chi connectivity index (χ3n) is 7.09. The van der Waals surface area contributed by atoms with Gasteiger partial charge in [-0.25, -0.2) is 0 Å². The molecule has 0 aromatic carbocycles. The fourth-order valence-corrected chi connectivity index (χ4v) is 6.28. The minimum absolute atomic E-state index is 0. The van der Waals surface area contributed by atoms with Crippen LogP contribution < -0.4 is 0 Å². The van der Waals surface area contributed by atoms with Crippen molar-refractivity contribution in [1.82, 2.24) is 0 Å². The van der Waals surface area contributed by atoms with E-state index in [1.165, 1.54) is 64.2 Å². The minimum atomic E-state index is -0.556. The molecule has 32 heavy (non-hydrogen) atoms. The molecule has 0 radical (unpaired) electrons. The van der Waals surface area contributed by atoms with Gasteiger partial charge >= 0.3 is 35.6 Å². The van der Waals surface area contributed by atoms with Gasteiger partial charge < -0.3 is 17.5 Å². The van der Waals surface area contributed by atoms with E-state index in [1.54, 1.807) is 0 Å². The average molecular weight is 527 g/mol. The second kappa shape index (κ2) is 15.4. The van der Waals surface area contributed by atoms with Crippen molar-refractivity contribution in [1.29, 1.82) is 0 Å². The number of hydrogen-bond acceptors (Lipinski definition) is 1. The molecule has 0 aromatic rings. The van der Waals surface area contributed by atoms with Crippen LogP contribution in [0.1, 0.15) is 120 Å². The van der Waals surface area contributed by atoms with E-state index in [0.717, 1.165) is 30.3 Å².